The Bertz CT molecular complexity index is 4430. The Morgan fingerprint density at radius 2 is 0.953 bits per heavy atom. The maximum Gasteiger partial charge on any atom is 0.533 e. The molecule has 5 atom stereocenters. The van der Waals surface area contributed by atoms with Gasteiger partial charge in [0.2, 0.25) is 17.5 Å². The molecule has 5 fully saturated rings. The van der Waals surface area contributed by atoms with Gasteiger partial charge in [-0.3, -0.25) is 48.0 Å². The zero-order chi connectivity index (χ0) is 76.2. The van der Waals surface area contributed by atoms with Crippen LogP contribution in [0.4, 0.5) is 20.6 Å². The molecule has 1 saturated carbocycles. The van der Waals surface area contributed by atoms with Gasteiger partial charge in [-0.15, -0.1) is 32.1 Å². The fourth-order valence-corrected chi connectivity index (χ4v) is 13.2. The molecule has 6 aliphatic heterocycles. The molecule has 0 aromatic heterocycles. The molecule has 4 aromatic carbocycles. The summed E-state index contributed by atoms with van der Waals surface area (Å²) < 4.78 is 19.9. The summed E-state index contributed by atoms with van der Waals surface area (Å²) in [5.41, 5.74) is 4.81. The maximum atomic E-state index is 14.7. The van der Waals surface area contributed by atoms with E-state index >= 15 is 0 Å². The number of para-hydroxylation sites is 2. The van der Waals surface area contributed by atoms with Crippen molar-refractivity contribution in [1.29, 1.82) is 0 Å². The Labute approximate surface area is 619 Å². The van der Waals surface area contributed by atoms with Crippen molar-refractivity contribution in [2.75, 3.05) is 16.4 Å². The van der Waals surface area contributed by atoms with E-state index in [0.717, 1.165) is 83.7 Å². The fourth-order valence-electron chi connectivity index (χ4n) is 13.2. The number of nitrogens with zero attached hydrogens (tertiary/aromatic N) is 6. The van der Waals surface area contributed by atoms with Crippen molar-refractivity contribution in [3.05, 3.63) is 155 Å². The zero-order valence-electron chi connectivity index (χ0n) is 59.5. The topological polar surface area (TPSA) is 288 Å². The van der Waals surface area contributed by atoms with Crippen LogP contribution in [0.25, 0.3) is 0 Å². The van der Waals surface area contributed by atoms with Crippen molar-refractivity contribution in [3.8, 4) is 47.4 Å². The summed E-state index contributed by atoms with van der Waals surface area (Å²) in [5, 5.41) is 2.84. The monoisotopic (exact) mass is 1460 g/mol. The summed E-state index contributed by atoms with van der Waals surface area (Å²) in [7, 11) is 0. The molecule has 0 bridgehead atoms. The Morgan fingerprint density at radius 1 is 0.495 bits per heavy atom. The van der Waals surface area contributed by atoms with E-state index in [4.69, 9.17) is 24.1 Å². The van der Waals surface area contributed by atoms with Gasteiger partial charge in [0.15, 0.2) is 5.78 Å². The summed E-state index contributed by atoms with van der Waals surface area (Å²) >= 11 is 0. The number of unbranched alkanes of at least 4 members (excludes halogenated alkanes) is 3. The average Bonchev–Trinajstić information content (AvgIpc) is 1.62. The number of fused-ring (bicyclic) bond motifs is 5. The highest BCUT2D eigenvalue weighted by molar-refractivity contribution is 6.08. The largest absolute Gasteiger partial charge is 0.533 e. The summed E-state index contributed by atoms with van der Waals surface area (Å²) in [6.45, 7) is 9.77. The van der Waals surface area contributed by atoms with Crippen LogP contribution in [0.15, 0.2) is 122 Å². The Hall–Kier alpha value is -12.0. The van der Waals surface area contributed by atoms with Gasteiger partial charge in [0.1, 0.15) is 12.8 Å². The van der Waals surface area contributed by atoms with Crippen molar-refractivity contribution < 1.29 is 90.8 Å². The Morgan fingerprint density at radius 3 is 1.47 bits per heavy atom. The normalized spacial score (nSPS) is 20.6. The fraction of sp³-hybridized carbons (Fsp3) is 0.402. The third-order valence-electron chi connectivity index (χ3n) is 19.1. The first-order valence-corrected chi connectivity index (χ1v) is 35.9. The van der Waals surface area contributed by atoms with E-state index in [1.54, 1.807) is 43.3 Å². The predicted molar refractivity (Wildman–Crippen MR) is 381 cm³/mol. The summed E-state index contributed by atoms with van der Waals surface area (Å²) in [6, 6.07) is 29.3. The number of carbonyl (C=O) groups is 13. The number of Topliss-reactive ketones (excluding diaryl/α,β-unsaturated/α-hetero) is 1. The van der Waals surface area contributed by atoms with Crippen LogP contribution in [0, 0.1) is 71.0 Å². The average molecular weight is 1460 g/mol. The summed E-state index contributed by atoms with van der Waals surface area (Å²) in [4.78, 5) is 179. The second kappa shape index (κ2) is 36.6. The molecular weight excluding hydrogens is 1380 g/mol. The molecule has 0 spiro atoms. The number of halogens is 1. The number of anilines is 2. The molecular formula is C82H81FN6O18. The van der Waals surface area contributed by atoms with Crippen LogP contribution in [0.2, 0.25) is 0 Å². The maximum absolute atomic E-state index is 14.7. The third kappa shape index (κ3) is 20.7. The van der Waals surface area contributed by atoms with Gasteiger partial charge in [0.05, 0.1) is 42.5 Å². The van der Waals surface area contributed by atoms with E-state index in [1.807, 2.05) is 60.7 Å². The van der Waals surface area contributed by atoms with E-state index < -0.39 is 89.7 Å². The van der Waals surface area contributed by atoms with Gasteiger partial charge in [-0.25, -0.2) is 23.6 Å². The summed E-state index contributed by atoms with van der Waals surface area (Å²) in [6.07, 6.45) is 10.1. The Balaban J connectivity index is 0.000000154. The number of amides is 8. The van der Waals surface area contributed by atoms with Gasteiger partial charge in [-0.2, -0.15) is 0 Å². The lowest BCUT2D eigenvalue weighted by atomic mass is 9.89. The van der Waals surface area contributed by atoms with Gasteiger partial charge >= 0.3 is 24.1 Å². The highest BCUT2D eigenvalue weighted by Crippen LogP contribution is 2.52. The standard InChI is InChI=1S/C23H18N2O5.C22H16N2O5.C21H28FNO4.C16H19NO4/c1-15-12-21(27)25(23(15)29)30-22(28)13-20(26)24-14-18-8-3-2-6-16(18)10-11-17-7-4-5-9-19(17)24;25-19-11-12-20(26)24(19)29-22(28)13-21(27)23-14-17-7-2-1-5-15(17)9-10-16-6-3-4-8-18(16)23;1-17-13-14-19(25)23(17)27-20(26)12-8-4-3-7-11-18(24)21(22)15-9-5-2-6-10-16-21;1-11-8-9-15(18)17(11)21-16(19)20-10-14-12-6-4-2-3-5-7-13(12)14/h2-9,15H,12-14H2,1H3;1-8H,11-14H2;1-9,11-15H2;12-14H,1,4-10H2/t;;;12-,13+,14?. The molecule has 9 aliphatic rings. The van der Waals surface area contributed by atoms with Gasteiger partial charge < -0.3 is 29.0 Å². The van der Waals surface area contributed by atoms with Crippen molar-refractivity contribution in [2.45, 2.75) is 180 Å². The van der Waals surface area contributed by atoms with Crippen LogP contribution in [0.5, 0.6) is 0 Å². The van der Waals surface area contributed by atoms with Gasteiger partial charge in [0.25, 0.3) is 35.4 Å². The first-order valence-electron chi connectivity index (χ1n) is 35.9. The molecule has 8 amide bonds. The van der Waals surface area contributed by atoms with E-state index in [-0.39, 0.29) is 63.4 Å². The molecule has 6 heterocycles. The number of alkyl halides is 1. The number of rotatable bonds is 18. The van der Waals surface area contributed by atoms with Crippen LogP contribution >= 0.6 is 0 Å². The number of benzene rings is 4. The first kappa shape index (κ1) is 77.6. The molecule has 3 unspecified atom stereocenters. The number of hydrogen-bond acceptors (Lipinski definition) is 18. The molecule has 554 valence electrons. The molecule has 0 N–H and O–H groups in total. The number of ketones is 1. The zero-order valence-corrected chi connectivity index (χ0v) is 59.5. The SMILES string of the molecule is C=C1CCC(=O)N1OC(=O)CCCCCCC(=O)C1(F)C#CCCCCC1.C=C1CCC(=O)N1OC(=O)OCC1[C@H]2CCC#CCC[C@@H]12.CC1CC(=O)N(OC(=O)CC(=O)N2Cc3ccccc3C#Cc3ccccc32)C1=O.O=C(CC(=O)N1Cc2ccccc2C#Cc2ccccc21)ON1C(=O)CCC1=O. The van der Waals surface area contributed by atoms with Crippen molar-refractivity contribution in [2.24, 2.45) is 23.7 Å². The van der Waals surface area contributed by atoms with Crippen molar-refractivity contribution >= 4 is 88.5 Å². The summed E-state index contributed by atoms with van der Waals surface area (Å²) in [5.74, 6) is 18.5. The minimum Gasteiger partial charge on any atom is -0.432 e. The molecule has 13 rings (SSSR count). The van der Waals surface area contributed by atoms with Crippen LogP contribution in [-0.4, -0.2) is 110 Å². The van der Waals surface area contributed by atoms with Gasteiger partial charge in [-0.1, -0.05) is 136 Å². The number of imide groups is 2. The lowest BCUT2D eigenvalue weighted by molar-refractivity contribution is -0.198. The first-order chi connectivity index (χ1) is 51.5. The van der Waals surface area contributed by atoms with Crippen molar-refractivity contribution in [1.82, 2.24) is 20.3 Å². The molecule has 25 heteroatoms. The third-order valence-corrected chi connectivity index (χ3v) is 19.1. The lowest BCUT2D eigenvalue weighted by Crippen LogP contribution is -2.37. The number of hydroxylamine groups is 8. The second-order valence-electron chi connectivity index (χ2n) is 26.8. The van der Waals surface area contributed by atoms with Crippen LogP contribution < -0.4 is 9.80 Å². The van der Waals surface area contributed by atoms with Crippen molar-refractivity contribution in [3.63, 3.8) is 0 Å². The number of ether oxygens (including phenoxy) is 1. The number of carbonyl (C=O) groups excluding carboxylic acids is 13. The molecule has 24 nitrogen and oxygen atoms in total. The minimum atomic E-state index is -1.98. The smallest absolute Gasteiger partial charge is 0.432 e. The second-order valence-corrected chi connectivity index (χ2v) is 26.8. The van der Waals surface area contributed by atoms with E-state index in [0.29, 0.717) is 120 Å². The highest BCUT2D eigenvalue weighted by Gasteiger charge is 2.50. The lowest BCUT2D eigenvalue weighted by Gasteiger charge is -2.26. The van der Waals surface area contributed by atoms with E-state index in [2.05, 4.69) is 60.5 Å². The van der Waals surface area contributed by atoms with E-state index in [9.17, 15) is 66.7 Å². The number of hydrogen-bond donors (Lipinski definition) is 0. The molecule has 4 saturated heterocycles. The molecule has 4 aromatic rings. The van der Waals surface area contributed by atoms with Gasteiger partial charge in [-0.05, 0) is 117 Å². The number of allylic oxidation sites excluding steroid dienone is 2. The van der Waals surface area contributed by atoms with Crippen LogP contribution in [0.1, 0.15) is 194 Å². The predicted octanol–water partition coefficient (Wildman–Crippen LogP) is 10.9. The van der Waals surface area contributed by atoms with Gasteiger partial charge in [0, 0.05) is 98.8 Å². The molecule has 0 radical (unpaired) electrons. The molecule has 3 aliphatic carbocycles. The van der Waals surface area contributed by atoms with Crippen LogP contribution in [-0.2, 0) is 94.7 Å². The van der Waals surface area contributed by atoms with E-state index in [1.165, 1.54) is 9.80 Å². The molecule has 107 heavy (non-hydrogen) atoms. The Kier molecular flexibility index (Phi) is 26.6. The highest BCUT2D eigenvalue weighted by atomic mass is 19.1. The minimum absolute atomic E-state index is 0.00495. The quantitative estimate of drug-likeness (QED) is 0.0294. The van der Waals surface area contributed by atoms with Crippen LogP contribution in [0.3, 0.4) is 0 Å².